The molecule has 10 rings (SSSR count). The smallest absolute Gasteiger partial charge is 0.222 e. The summed E-state index contributed by atoms with van der Waals surface area (Å²) < 4.78 is 30.4. The average molecular weight is 992 g/mol. The van der Waals surface area contributed by atoms with Crippen LogP contribution in [0.15, 0.2) is 134 Å². The molecule has 1 aliphatic rings. The van der Waals surface area contributed by atoms with Crippen LogP contribution in [0.2, 0.25) is 5.02 Å². The molecule has 0 atom stereocenters. The standard InChI is InChI=1S/C22H24ClFN4O3.C21H25N.C7H6N2.C5H5N5/c1-29-20-13-19-16(12-21(20)31-8-2-5-28-6-9-30-10-7-28)22(26-14-25-19)27-15-3-4-18(24)17(23)11-15;1-21(2,3)15-8-5-9-16-22(4)17-19-13-10-12-18-11-6-7-14-20(18)19;1-2-4-7-6(3-1)8-5-9-7;6-5-7-1-3-4(10-5)9-2-8-3/h3-4,11-14H,2,5-10H2,1H3,(H,25,26,27);5-7,9-14H,16-17H2,1-4H3;1-5H,(H,8,9);1-2H,(H3,6,7,8,9,10)/b;9-5+;;. The van der Waals surface area contributed by atoms with Gasteiger partial charge >= 0.3 is 0 Å². The van der Waals surface area contributed by atoms with E-state index in [0.29, 0.717) is 40.8 Å². The molecule has 0 bridgehead atoms. The molecule has 1 fully saturated rings. The molecule has 5 N–H and O–H groups in total. The van der Waals surface area contributed by atoms with Crippen LogP contribution in [0.5, 0.6) is 11.5 Å². The summed E-state index contributed by atoms with van der Waals surface area (Å²) >= 11 is 5.90. The number of fused-ring (bicyclic) bond motifs is 4. The van der Waals surface area contributed by atoms with Crippen LogP contribution >= 0.6 is 11.6 Å². The number of imidazole rings is 2. The van der Waals surface area contributed by atoms with E-state index >= 15 is 0 Å². The molecule has 0 aliphatic carbocycles. The van der Waals surface area contributed by atoms with Crippen LogP contribution in [0.4, 0.5) is 21.8 Å². The Balaban J connectivity index is 0.000000158. The van der Waals surface area contributed by atoms with Crippen molar-refractivity contribution in [1.82, 2.24) is 49.7 Å². The van der Waals surface area contributed by atoms with Crippen molar-refractivity contribution in [3.63, 3.8) is 0 Å². The van der Waals surface area contributed by atoms with Crippen molar-refractivity contribution in [2.75, 3.05) is 71.2 Å². The summed E-state index contributed by atoms with van der Waals surface area (Å²) in [5, 5.41) is 6.61. The predicted octanol–water partition coefficient (Wildman–Crippen LogP) is 10.7. The number of halogens is 2. The number of nitrogens with two attached hydrogens (primary N) is 1. The third kappa shape index (κ3) is 15.7. The topological polar surface area (TPSA) is 181 Å². The van der Waals surface area contributed by atoms with Gasteiger partial charge in [0.15, 0.2) is 17.1 Å². The summed E-state index contributed by atoms with van der Waals surface area (Å²) in [7, 11) is 3.74. The zero-order valence-corrected chi connectivity index (χ0v) is 42.0. The summed E-state index contributed by atoms with van der Waals surface area (Å²) in [5.74, 6) is 7.89. The van der Waals surface area contributed by atoms with Crippen LogP contribution in [-0.4, -0.2) is 110 Å². The maximum absolute atomic E-state index is 13.5. The monoisotopic (exact) mass is 990 g/mol. The van der Waals surface area contributed by atoms with Gasteiger partial charge in [-0.25, -0.2) is 29.3 Å². The lowest BCUT2D eigenvalue weighted by atomic mass is 9.98. The van der Waals surface area contributed by atoms with E-state index in [-0.39, 0.29) is 16.4 Å². The molecule has 9 aromatic rings. The minimum atomic E-state index is -0.475. The van der Waals surface area contributed by atoms with E-state index in [4.69, 9.17) is 31.5 Å². The number of para-hydroxylation sites is 2. The first-order valence-electron chi connectivity index (χ1n) is 23.5. The van der Waals surface area contributed by atoms with Gasteiger partial charge in [0.05, 0.1) is 67.4 Å². The number of anilines is 3. The Morgan fingerprint density at radius 3 is 2.46 bits per heavy atom. The maximum atomic E-state index is 13.5. The van der Waals surface area contributed by atoms with Gasteiger partial charge in [-0.1, -0.05) is 84.1 Å². The molecular weight excluding hydrogens is 931 g/mol. The van der Waals surface area contributed by atoms with Gasteiger partial charge in [-0.05, 0) is 93.0 Å². The molecule has 15 nitrogen and oxygen atoms in total. The van der Waals surface area contributed by atoms with E-state index < -0.39 is 5.82 Å². The fraction of sp³-hybridized carbons (Fsp3) is 0.273. The van der Waals surface area contributed by atoms with Gasteiger partial charge in [0, 0.05) is 55.3 Å². The molecule has 1 saturated heterocycles. The van der Waals surface area contributed by atoms with Crippen molar-refractivity contribution in [3.8, 4) is 23.3 Å². The number of methoxy groups -OCH3 is 1. The Hall–Kier alpha value is -7.68. The molecule has 5 heterocycles. The summed E-state index contributed by atoms with van der Waals surface area (Å²) in [6.07, 6.45) is 11.3. The van der Waals surface area contributed by atoms with E-state index in [9.17, 15) is 4.39 Å². The number of nitrogens with zero attached hydrogens (tertiary/aromatic N) is 8. The highest BCUT2D eigenvalue weighted by Crippen LogP contribution is 2.35. The van der Waals surface area contributed by atoms with Crippen molar-refractivity contribution in [2.45, 2.75) is 33.7 Å². The first-order chi connectivity index (χ1) is 34.9. The third-order valence-electron chi connectivity index (χ3n) is 11.0. The Morgan fingerprint density at radius 1 is 0.875 bits per heavy atom. The Morgan fingerprint density at radius 2 is 1.65 bits per heavy atom. The predicted molar refractivity (Wildman–Crippen MR) is 287 cm³/mol. The van der Waals surface area contributed by atoms with Crippen LogP contribution in [0.25, 0.3) is 43.9 Å². The van der Waals surface area contributed by atoms with Gasteiger partial charge in [0.1, 0.15) is 23.5 Å². The second-order valence-corrected chi connectivity index (χ2v) is 18.1. The number of aromatic nitrogens is 8. The summed E-state index contributed by atoms with van der Waals surface area (Å²) in [6.45, 7) is 13.2. The van der Waals surface area contributed by atoms with Gasteiger partial charge in [0.2, 0.25) is 5.95 Å². The van der Waals surface area contributed by atoms with Crippen molar-refractivity contribution >= 4 is 72.9 Å². The van der Waals surface area contributed by atoms with E-state index in [0.717, 1.165) is 74.3 Å². The number of nitrogen functional groups attached to an aromatic ring is 1. The molecule has 0 amide bonds. The van der Waals surface area contributed by atoms with Crippen LogP contribution in [0.3, 0.4) is 0 Å². The molecule has 72 heavy (non-hydrogen) atoms. The zero-order valence-electron chi connectivity index (χ0n) is 41.2. The molecule has 0 unspecified atom stereocenters. The van der Waals surface area contributed by atoms with Crippen LogP contribution in [0.1, 0.15) is 32.8 Å². The zero-order chi connectivity index (χ0) is 50.7. The molecule has 0 saturated carbocycles. The number of allylic oxidation sites excluding steroid dienone is 1. The SMILES string of the molecule is CN(C/C=C/C#CC(C)(C)C)Cc1cccc2ccccc12.COc1cc2ncnc(Nc3ccc(F)c(Cl)c3)c2cc1OCCCN1CCOCC1.Nc1ncc2[nH]cnc2n1.c1ccc2[nH]cnc2c1. The van der Waals surface area contributed by atoms with Crippen molar-refractivity contribution in [3.05, 3.63) is 151 Å². The van der Waals surface area contributed by atoms with Crippen molar-refractivity contribution < 1.29 is 18.6 Å². The number of hydrogen-bond donors (Lipinski definition) is 4. The third-order valence-corrected chi connectivity index (χ3v) is 11.3. The molecule has 0 spiro atoms. The van der Waals surface area contributed by atoms with Gasteiger partial charge in [0.25, 0.3) is 0 Å². The minimum Gasteiger partial charge on any atom is -0.493 e. The number of H-pyrrole nitrogens is 2. The number of nitrogens with one attached hydrogen (secondary N) is 3. The fourth-order valence-electron chi connectivity index (χ4n) is 7.41. The quantitative estimate of drug-likeness (QED) is 0.0671. The lowest BCUT2D eigenvalue weighted by Crippen LogP contribution is -2.37. The first kappa shape index (κ1) is 52.2. The highest BCUT2D eigenvalue weighted by molar-refractivity contribution is 6.31. The summed E-state index contributed by atoms with van der Waals surface area (Å²) in [5.41, 5.74) is 11.6. The summed E-state index contributed by atoms with van der Waals surface area (Å²) in [4.78, 5) is 34.8. The maximum Gasteiger partial charge on any atom is 0.222 e. The lowest BCUT2D eigenvalue weighted by molar-refractivity contribution is 0.0357. The Bertz CT molecular complexity index is 3210. The normalized spacial score (nSPS) is 12.6. The number of rotatable bonds is 12. The number of hydrogen-bond acceptors (Lipinski definition) is 13. The minimum absolute atomic E-state index is 0.0364. The van der Waals surface area contributed by atoms with Crippen LogP contribution in [0, 0.1) is 23.1 Å². The second-order valence-electron chi connectivity index (χ2n) is 17.7. The largest absolute Gasteiger partial charge is 0.493 e. The lowest BCUT2D eigenvalue weighted by Gasteiger charge is -2.26. The van der Waals surface area contributed by atoms with Gasteiger partial charge in [-0.3, -0.25) is 9.80 Å². The number of aromatic amines is 2. The average Bonchev–Trinajstić information content (AvgIpc) is 4.07. The Kier molecular flexibility index (Phi) is 18.8. The number of benzene rings is 5. The number of likely N-dealkylation sites (N-methyl/N-ethyl adjacent to an activating group) is 1. The molecule has 4 aromatic heterocycles. The molecule has 5 aromatic carbocycles. The summed E-state index contributed by atoms with van der Waals surface area (Å²) in [6, 6.07) is 31.1. The fourth-order valence-corrected chi connectivity index (χ4v) is 7.59. The molecule has 372 valence electrons. The van der Waals surface area contributed by atoms with E-state index in [1.165, 1.54) is 34.8 Å². The first-order valence-corrected chi connectivity index (χ1v) is 23.9. The van der Waals surface area contributed by atoms with E-state index in [1.54, 1.807) is 32.0 Å². The molecular formula is C55H60ClFN12O3. The van der Waals surface area contributed by atoms with Gasteiger partial charge < -0.3 is 35.2 Å². The molecule has 1 aliphatic heterocycles. The molecule has 0 radical (unpaired) electrons. The van der Waals surface area contributed by atoms with Gasteiger partial charge in [-0.15, -0.1) is 0 Å². The highest BCUT2D eigenvalue weighted by atomic mass is 35.5. The number of ether oxygens (including phenoxy) is 3. The second kappa shape index (κ2) is 26.0. The van der Waals surface area contributed by atoms with Crippen molar-refractivity contribution in [2.24, 2.45) is 5.41 Å². The highest BCUT2D eigenvalue weighted by Gasteiger charge is 2.14. The van der Waals surface area contributed by atoms with E-state index in [1.807, 2.05) is 42.5 Å². The number of morpholine rings is 1. The molecule has 17 heteroatoms. The van der Waals surface area contributed by atoms with E-state index in [2.05, 4.69) is 143 Å². The van der Waals surface area contributed by atoms with Crippen molar-refractivity contribution in [1.29, 1.82) is 0 Å². The van der Waals surface area contributed by atoms with Crippen LogP contribution < -0.4 is 20.5 Å². The van der Waals surface area contributed by atoms with Crippen LogP contribution in [-0.2, 0) is 11.3 Å². The van der Waals surface area contributed by atoms with Gasteiger partial charge in [-0.2, -0.15) is 4.98 Å². The Labute approximate surface area is 424 Å².